The lowest BCUT2D eigenvalue weighted by atomic mass is 9.65. The first kappa shape index (κ1) is 24.2. The fourth-order valence-corrected chi connectivity index (χ4v) is 6.60. The number of nitrogens with zero attached hydrogens (tertiary/aromatic N) is 1. The van der Waals surface area contributed by atoms with E-state index in [1.807, 2.05) is 0 Å². The number of benzene rings is 3. The van der Waals surface area contributed by atoms with E-state index in [0.717, 1.165) is 18.1 Å². The Kier molecular flexibility index (Phi) is 5.98. The molecule has 0 aromatic heterocycles. The highest BCUT2D eigenvalue weighted by Gasteiger charge is 2.48. The highest BCUT2D eigenvalue weighted by Crippen LogP contribution is 2.48. The van der Waals surface area contributed by atoms with E-state index < -0.39 is 39.1 Å². The normalized spacial score (nSPS) is 18.6. The van der Waals surface area contributed by atoms with E-state index >= 15 is 0 Å². The highest BCUT2D eigenvalue weighted by molar-refractivity contribution is 7.92. The molecule has 3 aromatic carbocycles. The van der Waals surface area contributed by atoms with Gasteiger partial charge in [-0.1, -0.05) is 24.6 Å². The summed E-state index contributed by atoms with van der Waals surface area (Å²) < 4.78 is 62.7. The monoisotopic (exact) mass is 513 g/mol. The molecular weight excluding hydrogens is 488 g/mol. The molecule has 1 atom stereocenters. The molecule has 0 saturated heterocycles. The SMILES string of the molecule is Cc1cccc(S(=O)(=O)N2C[C@H](CC3(C(=O)O)CCC3)Oc3ccc(-c4cc(F)cc(F)c4)cc32)c1. The van der Waals surface area contributed by atoms with Crippen LogP contribution in [0.25, 0.3) is 11.1 Å². The van der Waals surface area contributed by atoms with E-state index in [-0.39, 0.29) is 34.9 Å². The number of carboxylic acid groups (broad SMARTS) is 1. The summed E-state index contributed by atoms with van der Waals surface area (Å²) in [5, 5.41) is 9.80. The van der Waals surface area contributed by atoms with Gasteiger partial charge in [-0.3, -0.25) is 9.10 Å². The van der Waals surface area contributed by atoms with Gasteiger partial charge in [-0.2, -0.15) is 0 Å². The van der Waals surface area contributed by atoms with Crippen LogP contribution in [0.15, 0.2) is 65.6 Å². The second kappa shape index (κ2) is 8.89. The Morgan fingerprint density at radius 2 is 1.78 bits per heavy atom. The van der Waals surface area contributed by atoms with Gasteiger partial charge in [-0.25, -0.2) is 17.2 Å². The van der Waals surface area contributed by atoms with E-state index in [1.54, 1.807) is 37.3 Å². The number of rotatable bonds is 6. The first-order valence-electron chi connectivity index (χ1n) is 11.7. The first-order valence-corrected chi connectivity index (χ1v) is 13.1. The lowest BCUT2D eigenvalue weighted by Gasteiger charge is -2.43. The Bertz CT molecular complexity index is 1430. The van der Waals surface area contributed by atoms with Crippen LogP contribution in [0.2, 0.25) is 0 Å². The second-order valence-corrected chi connectivity index (χ2v) is 11.4. The van der Waals surface area contributed by atoms with Crippen LogP contribution in [0, 0.1) is 24.0 Å². The van der Waals surface area contributed by atoms with Gasteiger partial charge >= 0.3 is 5.97 Å². The smallest absolute Gasteiger partial charge is 0.309 e. The van der Waals surface area contributed by atoms with Crippen molar-refractivity contribution in [3.8, 4) is 16.9 Å². The zero-order chi connectivity index (χ0) is 25.7. The minimum absolute atomic E-state index is 0.0841. The summed E-state index contributed by atoms with van der Waals surface area (Å²) in [7, 11) is -4.05. The first-order chi connectivity index (χ1) is 17.1. The van der Waals surface area contributed by atoms with Gasteiger partial charge in [0.1, 0.15) is 23.5 Å². The zero-order valence-corrected chi connectivity index (χ0v) is 20.4. The largest absolute Gasteiger partial charge is 0.486 e. The van der Waals surface area contributed by atoms with Crippen molar-refractivity contribution < 1.29 is 31.8 Å². The van der Waals surface area contributed by atoms with Crippen LogP contribution >= 0.6 is 0 Å². The average Bonchev–Trinajstić information content (AvgIpc) is 2.79. The quantitative estimate of drug-likeness (QED) is 0.468. The number of aryl methyl sites for hydroxylation is 1. The molecule has 9 heteroatoms. The molecule has 5 rings (SSSR count). The molecule has 1 N–H and O–H groups in total. The summed E-state index contributed by atoms with van der Waals surface area (Å²) in [5.41, 5.74) is 0.738. The van der Waals surface area contributed by atoms with Crippen LogP contribution in [-0.4, -0.2) is 32.1 Å². The third-order valence-corrected chi connectivity index (χ3v) is 8.82. The molecule has 1 aliphatic carbocycles. The summed E-state index contributed by atoms with van der Waals surface area (Å²) in [4.78, 5) is 12.1. The van der Waals surface area contributed by atoms with E-state index in [0.29, 0.717) is 18.4 Å². The predicted molar refractivity (Wildman–Crippen MR) is 130 cm³/mol. The number of carboxylic acids is 1. The summed E-state index contributed by atoms with van der Waals surface area (Å²) in [5.74, 6) is -2.13. The van der Waals surface area contributed by atoms with E-state index in [1.165, 1.54) is 28.6 Å². The van der Waals surface area contributed by atoms with Gasteiger partial charge in [0.05, 0.1) is 22.5 Å². The minimum atomic E-state index is -4.05. The molecule has 1 heterocycles. The zero-order valence-electron chi connectivity index (χ0n) is 19.6. The maximum absolute atomic E-state index is 13.9. The van der Waals surface area contributed by atoms with Gasteiger partial charge in [0.15, 0.2) is 0 Å². The van der Waals surface area contributed by atoms with Gasteiger partial charge in [-0.05, 0) is 72.9 Å². The minimum Gasteiger partial charge on any atom is -0.486 e. The maximum atomic E-state index is 13.9. The van der Waals surface area contributed by atoms with E-state index in [4.69, 9.17) is 4.74 Å². The predicted octanol–water partition coefficient (Wildman–Crippen LogP) is 5.54. The highest BCUT2D eigenvalue weighted by atomic mass is 32.2. The fourth-order valence-electron chi connectivity index (χ4n) is 4.99. The van der Waals surface area contributed by atoms with E-state index in [9.17, 15) is 27.1 Å². The lowest BCUT2D eigenvalue weighted by Crippen LogP contribution is -2.49. The van der Waals surface area contributed by atoms with E-state index in [2.05, 4.69) is 0 Å². The van der Waals surface area contributed by atoms with Crippen molar-refractivity contribution >= 4 is 21.7 Å². The molecule has 2 aliphatic rings. The molecule has 6 nitrogen and oxygen atoms in total. The summed E-state index contributed by atoms with van der Waals surface area (Å²) in [6.07, 6.45) is 1.34. The summed E-state index contributed by atoms with van der Waals surface area (Å²) in [6.45, 7) is 1.71. The number of sulfonamides is 1. The average molecular weight is 514 g/mol. The number of anilines is 1. The Balaban J connectivity index is 1.60. The van der Waals surface area contributed by atoms with Crippen LogP contribution < -0.4 is 9.04 Å². The summed E-state index contributed by atoms with van der Waals surface area (Å²) >= 11 is 0. The van der Waals surface area contributed by atoms with Gasteiger partial charge in [0, 0.05) is 12.5 Å². The standard InChI is InChI=1S/C27H25F2NO5S/c1-17-4-2-5-23(10-17)36(33,34)30-16-22(15-27(26(31)32)8-3-9-27)35-25-7-6-18(13-24(25)30)19-11-20(28)14-21(29)12-19/h2,4-7,10-14,22H,3,8-9,15-16H2,1H3,(H,31,32)/t22-/m0/s1. The Labute approximate surface area is 208 Å². The molecule has 1 aliphatic heterocycles. The molecule has 1 saturated carbocycles. The second-order valence-electron chi connectivity index (χ2n) is 9.58. The topological polar surface area (TPSA) is 83.9 Å². The Hall–Kier alpha value is -3.46. The molecule has 0 unspecified atom stereocenters. The lowest BCUT2D eigenvalue weighted by molar-refractivity contribution is -0.156. The van der Waals surface area contributed by atoms with Crippen molar-refractivity contribution in [3.63, 3.8) is 0 Å². The number of ether oxygens (including phenoxy) is 1. The summed E-state index contributed by atoms with van der Waals surface area (Å²) in [6, 6.07) is 14.3. The fraction of sp³-hybridized carbons (Fsp3) is 0.296. The van der Waals surface area contributed by atoms with Crippen LogP contribution in [0.1, 0.15) is 31.2 Å². The molecule has 0 amide bonds. The number of fused-ring (bicyclic) bond motifs is 1. The Morgan fingerprint density at radius 1 is 1.06 bits per heavy atom. The van der Waals surface area contributed by atoms with Crippen molar-refractivity contribution in [1.82, 2.24) is 0 Å². The third kappa shape index (κ3) is 4.32. The Morgan fingerprint density at radius 3 is 2.39 bits per heavy atom. The molecular formula is C27H25F2NO5S. The van der Waals surface area contributed by atoms with Crippen molar-refractivity contribution in [2.45, 2.75) is 43.6 Å². The number of hydrogen-bond acceptors (Lipinski definition) is 4. The molecule has 188 valence electrons. The number of carbonyl (C=O) groups is 1. The molecule has 36 heavy (non-hydrogen) atoms. The van der Waals surface area contributed by atoms with Crippen molar-refractivity contribution in [1.29, 1.82) is 0 Å². The van der Waals surface area contributed by atoms with Gasteiger partial charge in [-0.15, -0.1) is 0 Å². The van der Waals surface area contributed by atoms with Crippen molar-refractivity contribution in [2.24, 2.45) is 5.41 Å². The number of hydrogen-bond donors (Lipinski definition) is 1. The molecule has 3 aromatic rings. The molecule has 0 spiro atoms. The molecule has 0 bridgehead atoms. The van der Waals surface area contributed by atoms with Crippen LogP contribution in [0.5, 0.6) is 5.75 Å². The van der Waals surface area contributed by atoms with Gasteiger partial charge in [0.25, 0.3) is 10.0 Å². The number of halogens is 2. The van der Waals surface area contributed by atoms with Crippen molar-refractivity contribution in [3.05, 3.63) is 77.9 Å². The van der Waals surface area contributed by atoms with Crippen LogP contribution in [0.3, 0.4) is 0 Å². The van der Waals surface area contributed by atoms with Crippen LogP contribution in [0.4, 0.5) is 14.5 Å². The van der Waals surface area contributed by atoms with Gasteiger partial charge < -0.3 is 9.84 Å². The van der Waals surface area contributed by atoms with Crippen LogP contribution in [-0.2, 0) is 14.8 Å². The van der Waals surface area contributed by atoms with Gasteiger partial charge in [0.2, 0.25) is 0 Å². The third-order valence-electron chi connectivity index (χ3n) is 7.05. The maximum Gasteiger partial charge on any atom is 0.309 e. The molecule has 0 radical (unpaired) electrons. The molecule has 1 fully saturated rings. The number of aliphatic carboxylic acids is 1. The van der Waals surface area contributed by atoms with Crippen molar-refractivity contribution in [2.75, 3.05) is 10.8 Å².